The van der Waals surface area contributed by atoms with E-state index in [2.05, 4.69) is 10.3 Å². The first-order valence-electron chi connectivity index (χ1n) is 5.52. The Hall–Kier alpha value is -1.37. The van der Waals surface area contributed by atoms with Crippen LogP contribution in [0.3, 0.4) is 0 Å². The average molecular weight is 302 g/mol. The number of hydrogen-bond donors (Lipinski definition) is 2. The van der Waals surface area contributed by atoms with E-state index in [4.69, 9.17) is 10.2 Å². The second-order valence-electron chi connectivity index (χ2n) is 4.53. The number of aromatic nitrogens is 1. The van der Waals surface area contributed by atoms with Crippen LogP contribution in [0.4, 0.5) is 0 Å². The van der Waals surface area contributed by atoms with Gasteiger partial charge in [-0.2, -0.15) is 0 Å². The lowest BCUT2D eigenvalue weighted by Gasteiger charge is -2.16. The van der Waals surface area contributed by atoms with Gasteiger partial charge in [0.05, 0.1) is 22.7 Å². The zero-order valence-electron chi connectivity index (χ0n) is 10.7. The van der Waals surface area contributed by atoms with E-state index < -0.39 is 5.54 Å². The summed E-state index contributed by atoms with van der Waals surface area (Å²) in [7, 11) is 0. The third-order valence-electron chi connectivity index (χ3n) is 2.30. The molecular formula is C12H16ClN3O2S. The van der Waals surface area contributed by atoms with Crippen LogP contribution >= 0.6 is 23.7 Å². The van der Waals surface area contributed by atoms with Crippen molar-refractivity contribution in [2.75, 3.05) is 0 Å². The van der Waals surface area contributed by atoms with Crippen molar-refractivity contribution in [2.24, 2.45) is 5.73 Å². The van der Waals surface area contributed by atoms with E-state index in [0.29, 0.717) is 18.1 Å². The Morgan fingerprint density at radius 1 is 1.58 bits per heavy atom. The Kier molecular flexibility index (Phi) is 5.11. The number of rotatable bonds is 4. The summed E-state index contributed by atoms with van der Waals surface area (Å²) >= 11 is 1.55. The van der Waals surface area contributed by atoms with Crippen LogP contribution in [0.25, 0.3) is 10.8 Å². The SMILES string of the molecule is CC(C)(N)C(=O)NCc1coc(-c2cccs2)n1.Cl. The number of amides is 1. The molecule has 0 aromatic carbocycles. The lowest BCUT2D eigenvalue weighted by Crippen LogP contribution is -2.48. The standard InChI is InChI=1S/C12H15N3O2S.ClH/c1-12(2,13)11(16)14-6-8-7-17-10(15-8)9-4-3-5-18-9;/h3-5,7H,6,13H2,1-2H3,(H,14,16);1H. The summed E-state index contributed by atoms with van der Waals surface area (Å²) in [5, 5.41) is 4.67. The average Bonchev–Trinajstić information content (AvgIpc) is 2.94. The van der Waals surface area contributed by atoms with E-state index >= 15 is 0 Å². The molecule has 7 heteroatoms. The molecule has 0 bridgehead atoms. The molecule has 2 rings (SSSR count). The topological polar surface area (TPSA) is 81.2 Å². The molecule has 0 atom stereocenters. The van der Waals surface area contributed by atoms with Crippen molar-refractivity contribution in [1.82, 2.24) is 10.3 Å². The van der Waals surface area contributed by atoms with Crippen molar-refractivity contribution < 1.29 is 9.21 Å². The van der Waals surface area contributed by atoms with Crippen molar-refractivity contribution in [2.45, 2.75) is 25.9 Å². The van der Waals surface area contributed by atoms with Crippen LogP contribution < -0.4 is 11.1 Å². The number of nitrogens with one attached hydrogen (secondary N) is 1. The van der Waals surface area contributed by atoms with Crippen molar-refractivity contribution >= 4 is 29.7 Å². The number of oxazole rings is 1. The Balaban J connectivity index is 0.00000180. The minimum absolute atomic E-state index is 0. The van der Waals surface area contributed by atoms with Gasteiger partial charge in [0, 0.05) is 0 Å². The summed E-state index contributed by atoms with van der Waals surface area (Å²) in [6.45, 7) is 3.62. The Morgan fingerprint density at radius 2 is 2.32 bits per heavy atom. The summed E-state index contributed by atoms with van der Waals surface area (Å²) in [5.41, 5.74) is 5.46. The molecule has 3 N–H and O–H groups in total. The van der Waals surface area contributed by atoms with Crippen molar-refractivity contribution in [3.63, 3.8) is 0 Å². The molecule has 0 aliphatic rings. The Morgan fingerprint density at radius 3 is 2.89 bits per heavy atom. The molecule has 2 aromatic heterocycles. The molecule has 1 amide bonds. The molecule has 0 aliphatic heterocycles. The number of halogens is 1. The molecule has 0 saturated carbocycles. The van der Waals surface area contributed by atoms with Crippen molar-refractivity contribution in [3.8, 4) is 10.8 Å². The normalized spacial score (nSPS) is 10.9. The van der Waals surface area contributed by atoms with Gasteiger partial charge in [-0.15, -0.1) is 23.7 Å². The fourth-order valence-corrected chi connectivity index (χ4v) is 1.96. The second-order valence-corrected chi connectivity index (χ2v) is 5.47. The van der Waals surface area contributed by atoms with Gasteiger partial charge in [-0.3, -0.25) is 4.79 Å². The fraction of sp³-hybridized carbons (Fsp3) is 0.333. The molecule has 2 aromatic rings. The van der Waals surface area contributed by atoms with E-state index in [1.165, 1.54) is 0 Å². The number of nitrogens with two attached hydrogens (primary N) is 1. The van der Waals surface area contributed by atoms with Crippen molar-refractivity contribution in [3.05, 3.63) is 29.5 Å². The van der Waals surface area contributed by atoms with Crippen LogP contribution in [-0.2, 0) is 11.3 Å². The zero-order chi connectivity index (χ0) is 13.2. The lowest BCUT2D eigenvalue weighted by atomic mass is 10.1. The molecule has 0 fully saturated rings. The first-order chi connectivity index (χ1) is 8.47. The molecule has 19 heavy (non-hydrogen) atoms. The van der Waals surface area contributed by atoms with Gasteiger partial charge >= 0.3 is 0 Å². The predicted molar refractivity (Wildman–Crippen MR) is 77.2 cm³/mol. The second kappa shape index (κ2) is 6.18. The van der Waals surface area contributed by atoms with Gasteiger partial charge in [0.15, 0.2) is 0 Å². The van der Waals surface area contributed by atoms with E-state index in [-0.39, 0.29) is 18.3 Å². The quantitative estimate of drug-likeness (QED) is 0.907. The maximum absolute atomic E-state index is 11.6. The molecule has 0 aliphatic carbocycles. The first-order valence-corrected chi connectivity index (χ1v) is 6.40. The molecule has 0 unspecified atom stereocenters. The van der Waals surface area contributed by atoms with Gasteiger partial charge in [-0.1, -0.05) is 6.07 Å². The third-order valence-corrected chi connectivity index (χ3v) is 3.16. The molecular weight excluding hydrogens is 286 g/mol. The largest absolute Gasteiger partial charge is 0.443 e. The number of carbonyl (C=O) groups excluding carboxylic acids is 1. The third kappa shape index (κ3) is 4.05. The van der Waals surface area contributed by atoms with E-state index in [1.54, 1.807) is 31.4 Å². The van der Waals surface area contributed by atoms with Crippen LogP contribution in [0.15, 0.2) is 28.2 Å². The predicted octanol–water partition coefficient (Wildman–Crippen LogP) is 2.18. The molecule has 5 nitrogen and oxygen atoms in total. The highest BCUT2D eigenvalue weighted by atomic mass is 35.5. The van der Waals surface area contributed by atoms with Gasteiger partial charge in [0.1, 0.15) is 6.26 Å². The van der Waals surface area contributed by atoms with Gasteiger partial charge in [0.25, 0.3) is 0 Å². The maximum atomic E-state index is 11.6. The molecule has 0 saturated heterocycles. The van der Waals surface area contributed by atoms with Gasteiger partial charge in [-0.25, -0.2) is 4.98 Å². The van der Waals surface area contributed by atoms with Gasteiger partial charge < -0.3 is 15.5 Å². The van der Waals surface area contributed by atoms with Crippen LogP contribution in [-0.4, -0.2) is 16.4 Å². The smallest absolute Gasteiger partial charge is 0.239 e. The number of hydrogen-bond acceptors (Lipinski definition) is 5. The highest BCUT2D eigenvalue weighted by molar-refractivity contribution is 7.13. The number of thiophene rings is 1. The molecule has 0 spiro atoms. The summed E-state index contributed by atoms with van der Waals surface area (Å²) in [4.78, 5) is 16.8. The van der Waals surface area contributed by atoms with Crippen LogP contribution in [0.5, 0.6) is 0 Å². The Bertz CT molecular complexity index is 531. The summed E-state index contributed by atoms with van der Waals surface area (Å²) in [6.07, 6.45) is 1.54. The fourth-order valence-electron chi connectivity index (χ4n) is 1.30. The minimum atomic E-state index is -0.889. The first kappa shape index (κ1) is 15.7. The van der Waals surface area contributed by atoms with Gasteiger partial charge in [-0.05, 0) is 25.3 Å². The van der Waals surface area contributed by atoms with E-state index in [9.17, 15) is 4.79 Å². The van der Waals surface area contributed by atoms with Crippen LogP contribution in [0, 0.1) is 0 Å². The molecule has 0 radical (unpaired) electrons. The Labute approximate surface area is 121 Å². The molecule has 2 heterocycles. The maximum Gasteiger partial charge on any atom is 0.239 e. The summed E-state index contributed by atoms with van der Waals surface area (Å²) in [5.74, 6) is 0.351. The van der Waals surface area contributed by atoms with E-state index in [1.807, 2.05) is 17.5 Å². The van der Waals surface area contributed by atoms with Crippen molar-refractivity contribution in [1.29, 1.82) is 0 Å². The summed E-state index contributed by atoms with van der Waals surface area (Å²) < 4.78 is 5.34. The lowest BCUT2D eigenvalue weighted by molar-refractivity contribution is -0.125. The number of nitrogens with zero attached hydrogens (tertiary/aromatic N) is 1. The van der Waals surface area contributed by atoms with Crippen LogP contribution in [0.1, 0.15) is 19.5 Å². The van der Waals surface area contributed by atoms with Crippen LogP contribution in [0.2, 0.25) is 0 Å². The highest BCUT2D eigenvalue weighted by Crippen LogP contribution is 2.23. The minimum Gasteiger partial charge on any atom is -0.443 e. The van der Waals surface area contributed by atoms with E-state index in [0.717, 1.165) is 4.88 Å². The highest BCUT2D eigenvalue weighted by Gasteiger charge is 2.21. The van der Waals surface area contributed by atoms with Gasteiger partial charge in [0.2, 0.25) is 11.8 Å². The monoisotopic (exact) mass is 301 g/mol. The number of carbonyl (C=O) groups is 1. The zero-order valence-corrected chi connectivity index (χ0v) is 12.3. The molecule has 104 valence electrons. The summed E-state index contributed by atoms with van der Waals surface area (Å²) in [6, 6.07) is 3.87.